The summed E-state index contributed by atoms with van der Waals surface area (Å²) in [5, 5.41) is 12.5. The number of nitrogens with zero attached hydrogens (tertiary/aromatic N) is 1. The zero-order valence-electron chi connectivity index (χ0n) is 14.6. The average Bonchev–Trinajstić information content (AvgIpc) is 2.96. The van der Waals surface area contributed by atoms with E-state index in [4.69, 9.17) is 21.1 Å². The number of carbonyl (C=O) groups is 1. The smallest absolute Gasteiger partial charge is 0.404 e. The fourth-order valence-electron chi connectivity index (χ4n) is 3.04. The van der Waals surface area contributed by atoms with Gasteiger partial charge in [-0.1, -0.05) is 32.4 Å². The van der Waals surface area contributed by atoms with E-state index in [1.165, 1.54) is 0 Å². The number of benzene rings is 1. The second kappa shape index (κ2) is 7.08. The van der Waals surface area contributed by atoms with E-state index in [0.717, 1.165) is 41.7 Å². The minimum Gasteiger partial charge on any atom is -0.465 e. The summed E-state index contributed by atoms with van der Waals surface area (Å²) in [5.74, 6) is 0.709. The molecule has 1 aromatic heterocycles. The zero-order valence-corrected chi connectivity index (χ0v) is 16.2. The van der Waals surface area contributed by atoms with Crippen molar-refractivity contribution in [2.75, 3.05) is 0 Å². The SMILES string of the molecule is CC(C)(C)c1nc2ccc(Cl)c(SC3CCC(NC(=O)O)CC3)c2o1. The number of hydrogen-bond donors (Lipinski definition) is 2. The molecule has 0 atom stereocenters. The molecule has 2 N–H and O–H groups in total. The van der Waals surface area contributed by atoms with Crippen molar-refractivity contribution in [3.05, 3.63) is 23.0 Å². The van der Waals surface area contributed by atoms with Gasteiger partial charge in [0.2, 0.25) is 5.89 Å². The minimum absolute atomic E-state index is 0.0541. The van der Waals surface area contributed by atoms with Crippen LogP contribution in [-0.4, -0.2) is 27.5 Å². The molecule has 0 unspecified atom stereocenters. The van der Waals surface area contributed by atoms with Crippen molar-refractivity contribution >= 4 is 40.6 Å². The molecule has 1 aliphatic rings. The van der Waals surface area contributed by atoms with Gasteiger partial charge in [-0.15, -0.1) is 11.8 Å². The van der Waals surface area contributed by atoms with Gasteiger partial charge in [0.25, 0.3) is 0 Å². The molecule has 1 saturated carbocycles. The molecule has 1 fully saturated rings. The fourth-order valence-corrected chi connectivity index (χ4v) is 4.60. The Balaban J connectivity index is 1.78. The number of rotatable bonds is 3. The van der Waals surface area contributed by atoms with Crippen molar-refractivity contribution in [3.8, 4) is 0 Å². The summed E-state index contributed by atoms with van der Waals surface area (Å²) >= 11 is 8.17. The lowest BCUT2D eigenvalue weighted by Crippen LogP contribution is -2.37. The lowest BCUT2D eigenvalue weighted by Gasteiger charge is -2.28. The van der Waals surface area contributed by atoms with Crippen LogP contribution in [0.25, 0.3) is 11.1 Å². The zero-order chi connectivity index (χ0) is 18.2. The first-order valence-corrected chi connectivity index (χ1v) is 9.75. The number of amides is 1. The molecular formula is C18H23ClN2O3S. The maximum Gasteiger partial charge on any atom is 0.404 e. The molecule has 5 nitrogen and oxygen atoms in total. The van der Waals surface area contributed by atoms with Crippen LogP contribution in [-0.2, 0) is 5.41 Å². The summed E-state index contributed by atoms with van der Waals surface area (Å²) in [6.07, 6.45) is 2.65. The summed E-state index contributed by atoms with van der Waals surface area (Å²) in [6, 6.07) is 3.82. The standard InChI is InChI=1S/C18H23ClN2O3S/c1-18(2,3)16-21-13-9-8-12(19)15(14(13)24-16)25-11-6-4-10(5-7-11)20-17(22)23/h8-11,20H,4-7H2,1-3H3,(H,22,23). The van der Waals surface area contributed by atoms with Crippen molar-refractivity contribution in [1.82, 2.24) is 10.3 Å². The Morgan fingerprint density at radius 2 is 2.00 bits per heavy atom. The van der Waals surface area contributed by atoms with E-state index in [2.05, 4.69) is 31.1 Å². The van der Waals surface area contributed by atoms with Gasteiger partial charge < -0.3 is 14.8 Å². The van der Waals surface area contributed by atoms with Gasteiger partial charge in [0, 0.05) is 16.7 Å². The van der Waals surface area contributed by atoms with Crippen LogP contribution in [0.2, 0.25) is 5.02 Å². The lowest BCUT2D eigenvalue weighted by atomic mass is 9.95. The first kappa shape index (κ1) is 18.4. The molecule has 136 valence electrons. The third-order valence-electron chi connectivity index (χ3n) is 4.39. The number of aromatic nitrogens is 1. The van der Waals surface area contributed by atoms with Gasteiger partial charge >= 0.3 is 6.09 Å². The molecule has 2 aromatic rings. The molecule has 3 rings (SSSR count). The van der Waals surface area contributed by atoms with E-state index >= 15 is 0 Å². The van der Waals surface area contributed by atoms with E-state index in [9.17, 15) is 4.79 Å². The lowest BCUT2D eigenvalue weighted by molar-refractivity contribution is 0.186. The van der Waals surface area contributed by atoms with E-state index in [0.29, 0.717) is 16.2 Å². The summed E-state index contributed by atoms with van der Waals surface area (Å²) in [5.41, 5.74) is 1.43. The maximum atomic E-state index is 10.8. The van der Waals surface area contributed by atoms with Crippen molar-refractivity contribution in [3.63, 3.8) is 0 Å². The molecule has 25 heavy (non-hydrogen) atoms. The molecule has 0 spiro atoms. The van der Waals surface area contributed by atoms with Crippen LogP contribution in [0.4, 0.5) is 4.79 Å². The van der Waals surface area contributed by atoms with Crippen LogP contribution in [0.15, 0.2) is 21.4 Å². The normalized spacial score (nSPS) is 21.4. The van der Waals surface area contributed by atoms with Crippen molar-refractivity contribution < 1.29 is 14.3 Å². The molecule has 1 aromatic carbocycles. The molecule has 1 aliphatic carbocycles. The number of halogens is 1. The summed E-state index contributed by atoms with van der Waals surface area (Å²) in [7, 11) is 0. The van der Waals surface area contributed by atoms with Crippen LogP contribution < -0.4 is 5.32 Å². The summed E-state index contributed by atoms with van der Waals surface area (Å²) in [4.78, 5) is 16.3. The van der Waals surface area contributed by atoms with Crippen LogP contribution in [0.1, 0.15) is 52.3 Å². The average molecular weight is 383 g/mol. The fraction of sp³-hybridized carbons (Fsp3) is 0.556. The highest BCUT2D eigenvalue weighted by Gasteiger charge is 2.27. The highest BCUT2D eigenvalue weighted by molar-refractivity contribution is 8.00. The molecule has 0 radical (unpaired) electrons. The topological polar surface area (TPSA) is 75.4 Å². The number of hydrogen-bond acceptors (Lipinski definition) is 4. The number of carboxylic acid groups (broad SMARTS) is 1. The predicted octanol–water partition coefficient (Wildman–Crippen LogP) is 5.45. The van der Waals surface area contributed by atoms with E-state index in [1.54, 1.807) is 11.8 Å². The van der Waals surface area contributed by atoms with E-state index < -0.39 is 6.09 Å². The molecule has 1 heterocycles. The number of oxazole rings is 1. The molecular weight excluding hydrogens is 360 g/mol. The summed E-state index contributed by atoms with van der Waals surface area (Å²) in [6.45, 7) is 6.22. The Bertz CT molecular complexity index is 776. The van der Waals surface area contributed by atoms with Crippen molar-refractivity contribution in [2.45, 2.75) is 68.1 Å². The molecule has 0 bridgehead atoms. The van der Waals surface area contributed by atoms with Gasteiger partial charge in [0.05, 0.1) is 9.92 Å². The van der Waals surface area contributed by atoms with Crippen LogP contribution in [0.5, 0.6) is 0 Å². The molecule has 1 amide bonds. The third kappa shape index (κ3) is 4.23. The number of thioether (sulfide) groups is 1. The predicted molar refractivity (Wildman–Crippen MR) is 101 cm³/mol. The maximum absolute atomic E-state index is 10.8. The quantitative estimate of drug-likeness (QED) is 0.738. The Labute approximate surface area is 156 Å². The molecule has 0 saturated heterocycles. The van der Waals surface area contributed by atoms with Crippen molar-refractivity contribution in [2.24, 2.45) is 0 Å². The highest BCUT2D eigenvalue weighted by Crippen LogP contribution is 2.42. The second-order valence-corrected chi connectivity index (χ2v) is 9.25. The largest absolute Gasteiger partial charge is 0.465 e. The monoisotopic (exact) mass is 382 g/mol. The second-order valence-electron chi connectivity index (χ2n) is 7.53. The van der Waals surface area contributed by atoms with Gasteiger partial charge in [-0.2, -0.15) is 0 Å². The first-order valence-electron chi connectivity index (χ1n) is 8.49. The Morgan fingerprint density at radius 3 is 2.60 bits per heavy atom. The van der Waals surface area contributed by atoms with Crippen LogP contribution >= 0.6 is 23.4 Å². The number of fused-ring (bicyclic) bond motifs is 1. The van der Waals surface area contributed by atoms with Crippen molar-refractivity contribution in [1.29, 1.82) is 0 Å². The third-order valence-corrected chi connectivity index (χ3v) is 6.26. The molecule has 7 heteroatoms. The van der Waals surface area contributed by atoms with Crippen LogP contribution in [0, 0.1) is 0 Å². The Kier molecular flexibility index (Phi) is 5.21. The molecule has 0 aliphatic heterocycles. The van der Waals surface area contributed by atoms with Gasteiger partial charge in [-0.05, 0) is 37.8 Å². The van der Waals surface area contributed by atoms with Gasteiger partial charge in [-0.3, -0.25) is 0 Å². The Hall–Kier alpha value is -1.40. The van der Waals surface area contributed by atoms with Gasteiger partial charge in [0.15, 0.2) is 5.58 Å². The first-order chi connectivity index (χ1) is 11.7. The van der Waals surface area contributed by atoms with E-state index in [1.807, 2.05) is 12.1 Å². The Morgan fingerprint density at radius 1 is 1.32 bits per heavy atom. The number of nitrogens with one attached hydrogen (secondary N) is 1. The van der Waals surface area contributed by atoms with Gasteiger partial charge in [0.1, 0.15) is 5.52 Å². The van der Waals surface area contributed by atoms with Crippen LogP contribution in [0.3, 0.4) is 0 Å². The minimum atomic E-state index is -0.944. The highest BCUT2D eigenvalue weighted by atomic mass is 35.5. The van der Waals surface area contributed by atoms with Gasteiger partial charge in [-0.25, -0.2) is 9.78 Å². The van der Waals surface area contributed by atoms with E-state index in [-0.39, 0.29) is 11.5 Å². The summed E-state index contributed by atoms with van der Waals surface area (Å²) < 4.78 is 6.05.